The average molecular weight is 310 g/mol. The molecule has 0 bridgehead atoms. The van der Waals surface area contributed by atoms with Crippen molar-refractivity contribution < 1.29 is 9.94 Å². The predicted molar refractivity (Wildman–Crippen MR) is 91.3 cm³/mol. The highest BCUT2D eigenvalue weighted by Crippen LogP contribution is 2.09. The van der Waals surface area contributed by atoms with Crippen LogP contribution in [0, 0.1) is 0 Å². The fourth-order valence-corrected chi connectivity index (χ4v) is 2.40. The first-order valence-electron chi connectivity index (χ1n) is 8.16. The number of nitrogens with two attached hydrogens (primary N) is 1. The highest BCUT2D eigenvalue weighted by molar-refractivity contribution is 6.13. The highest BCUT2D eigenvalue weighted by Gasteiger charge is 2.15. The quantitative estimate of drug-likeness (QED) is 0.384. The van der Waals surface area contributed by atoms with Gasteiger partial charge in [0.2, 0.25) is 0 Å². The first-order chi connectivity index (χ1) is 10.7. The average Bonchev–Trinajstić information content (AvgIpc) is 2.52. The lowest BCUT2D eigenvalue weighted by atomic mass is 10.1. The van der Waals surface area contributed by atoms with Gasteiger partial charge in [-0.15, -0.1) is 0 Å². The third-order valence-corrected chi connectivity index (χ3v) is 3.56. The number of piperidine rings is 1. The second-order valence-corrected chi connectivity index (χ2v) is 5.62. The second kappa shape index (κ2) is 11.2. The molecule has 1 aliphatic heterocycles. The number of rotatable bonds is 9. The van der Waals surface area contributed by atoms with Gasteiger partial charge in [-0.1, -0.05) is 31.0 Å². The largest absolute Gasteiger partial charge is 0.391 e. The van der Waals surface area contributed by atoms with Gasteiger partial charge >= 0.3 is 0 Å². The van der Waals surface area contributed by atoms with Crippen LogP contribution in [-0.4, -0.2) is 61.4 Å². The van der Waals surface area contributed by atoms with Gasteiger partial charge in [-0.05, 0) is 32.4 Å². The minimum atomic E-state index is -0.544. The molecule has 1 unspecified atom stereocenters. The Kier molecular flexibility index (Phi) is 9.50. The van der Waals surface area contributed by atoms with Gasteiger partial charge in [0.1, 0.15) is 12.7 Å². The number of β-amino-alcohol motifs (C(OH)–C–C–N with tert-alkyl or cyclic N) is 1. The van der Waals surface area contributed by atoms with E-state index >= 15 is 0 Å². The Morgan fingerprint density at radius 1 is 1.36 bits per heavy atom. The van der Waals surface area contributed by atoms with E-state index in [9.17, 15) is 5.11 Å². The Morgan fingerprint density at radius 3 is 2.73 bits per heavy atom. The number of aliphatic hydroxyl groups is 1. The van der Waals surface area contributed by atoms with Gasteiger partial charge in [-0.3, -0.25) is 4.99 Å². The normalized spacial score (nSPS) is 19.6. The summed E-state index contributed by atoms with van der Waals surface area (Å²) in [5.74, 6) is 0.296. The molecule has 6 heteroatoms. The van der Waals surface area contributed by atoms with Crippen molar-refractivity contribution in [1.29, 1.82) is 0 Å². The van der Waals surface area contributed by atoms with Crippen molar-refractivity contribution in [3.63, 3.8) is 0 Å². The van der Waals surface area contributed by atoms with Gasteiger partial charge in [-0.2, -0.15) is 0 Å². The van der Waals surface area contributed by atoms with E-state index in [0.29, 0.717) is 12.4 Å². The topological polar surface area (TPSA) is 83.4 Å². The fraction of sp³-hybridized carbons (Fsp3) is 0.750. The Morgan fingerprint density at radius 2 is 2.09 bits per heavy atom. The van der Waals surface area contributed by atoms with E-state index in [1.54, 1.807) is 13.3 Å². The monoisotopic (exact) mass is 310 g/mol. The standard InChI is InChI=1S/C16H30N4O2/c1-3-4-8-14(11-18-2)16(17)19-22-13-15(21)12-20-9-6-5-7-10-20/h8,11,15,21H,3-7,9-10,12-13H2,1-2H3,(H2,17,19)/b14-8+,18-11?. The van der Waals surface area contributed by atoms with Gasteiger partial charge in [0, 0.05) is 25.4 Å². The maximum absolute atomic E-state index is 9.98. The molecular weight excluding hydrogens is 280 g/mol. The second-order valence-electron chi connectivity index (χ2n) is 5.62. The predicted octanol–water partition coefficient (Wildman–Crippen LogP) is 1.55. The summed E-state index contributed by atoms with van der Waals surface area (Å²) in [6.45, 7) is 4.99. The van der Waals surface area contributed by atoms with E-state index in [0.717, 1.165) is 31.5 Å². The molecule has 0 amide bonds. The lowest BCUT2D eigenvalue weighted by Gasteiger charge is -2.27. The minimum absolute atomic E-state index is 0.154. The first-order valence-corrected chi connectivity index (χ1v) is 8.16. The summed E-state index contributed by atoms with van der Waals surface area (Å²) in [7, 11) is 1.69. The summed E-state index contributed by atoms with van der Waals surface area (Å²) in [5, 5.41) is 13.9. The molecule has 0 aliphatic carbocycles. The first kappa shape index (κ1) is 18.6. The summed E-state index contributed by atoms with van der Waals surface area (Å²) in [6.07, 6.45) is 8.76. The number of oxime groups is 1. The summed E-state index contributed by atoms with van der Waals surface area (Å²) >= 11 is 0. The van der Waals surface area contributed by atoms with E-state index in [-0.39, 0.29) is 6.61 Å². The van der Waals surface area contributed by atoms with Crippen molar-refractivity contribution in [3.8, 4) is 0 Å². The zero-order chi connectivity index (χ0) is 16.2. The lowest BCUT2D eigenvalue weighted by Crippen LogP contribution is -2.38. The number of hydrogen-bond acceptors (Lipinski definition) is 5. The Hall–Kier alpha value is -1.40. The lowest BCUT2D eigenvalue weighted by molar-refractivity contribution is 0.0158. The van der Waals surface area contributed by atoms with Gasteiger partial charge < -0.3 is 20.6 Å². The molecule has 1 heterocycles. The van der Waals surface area contributed by atoms with Crippen LogP contribution in [-0.2, 0) is 4.84 Å². The highest BCUT2D eigenvalue weighted by atomic mass is 16.6. The van der Waals surface area contributed by atoms with Crippen molar-refractivity contribution >= 4 is 12.1 Å². The molecule has 126 valence electrons. The van der Waals surface area contributed by atoms with Crippen LogP contribution >= 0.6 is 0 Å². The van der Waals surface area contributed by atoms with Crippen LogP contribution in [0.15, 0.2) is 21.8 Å². The van der Waals surface area contributed by atoms with Crippen LogP contribution < -0.4 is 5.73 Å². The molecule has 1 atom stereocenters. The van der Waals surface area contributed by atoms with E-state index in [1.807, 2.05) is 6.08 Å². The summed E-state index contributed by atoms with van der Waals surface area (Å²) in [4.78, 5) is 11.4. The Balaban J connectivity index is 2.38. The van der Waals surface area contributed by atoms with Gasteiger partial charge in [0.15, 0.2) is 5.84 Å². The minimum Gasteiger partial charge on any atom is -0.391 e. The fourth-order valence-electron chi connectivity index (χ4n) is 2.40. The molecule has 0 saturated carbocycles. The van der Waals surface area contributed by atoms with Crippen molar-refractivity contribution in [3.05, 3.63) is 11.6 Å². The number of unbranched alkanes of at least 4 members (excludes halogenated alkanes) is 1. The molecule has 1 fully saturated rings. The number of aliphatic imine (C=N–C) groups is 1. The number of aliphatic hydroxyl groups excluding tert-OH is 1. The van der Waals surface area contributed by atoms with Crippen LogP contribution in [0.25, 0.3) is 0 Å². The van der Waals surface area contributed by atoms with Gasteiger partial charge in [0.25, 0.3) is 0 Å². The van der Waals surface area contributed by atoms with Crippen LogP contribution in [0.2, 0.25) is 0 Å². The molecular formula is C16H30N4O2. The summed E-state index contributed by atoms with van der Waals surface area (Å²) < 4.78 is 0. The molecule has 0 aromatic rings. The van der Waals surface area contributed by atoms with Crippen LogP contribution in [0.3, 0.4) is 0 Å². The number of nitrogens with zero attached hydrogens (tertiary/aromatic N) is 3. The molecule has 1 aliphatic rings. The molecule has 1 saturated heterocycles. The van der Waals surface area contributed by atoms with Crippen LogP contribution in [0.4, 0.5) is 0 Å². The molecule has 6 nitrogen and oxygen atoms in total. The molecule has 0 radical (unpaired) electrons. The Bertz CT molecular complexity index is 388. The van der Waals surface area contributed by atoms with E-state index in [2.05, 4.69) is 22.0 Å². The number of hydrogen-bond donors (Lipinski definition) is 2. The summed E-state index contributed by atoms with van der Waals surface area (Å²) in [6, 6.07) is 0. The molecule has 1 rings (SSSR count). The van der Waals surface area contributed by atoms with Gasteiger partial charge in [-0.25, -0.2) is 0 Å². The molecule has 0 aromatic carbocycles. The zero-order valence-corrected chi connectivity index (χ0v) is 13.9. The van der Waals surface area contributed by atoms with Crippen molar-refractivity contribution in [1.82, 2.24) is 4.90 Å². The van der Waals surface area contributed by atoms with Crippen molar-refractivity contribution in [2.75, 3.05) is 33.3 Å². The van der Waals surface area contributed by atoms with Crippen LogP contribution in [0.1, 0.15) is 39.0 Å². The zero-order valence-electron chi connectivity index (χ0n) is 13.9. The number of allylic oxidation sites excluding steroid dienone is 1. The Labute approximate surface area is 133 Å². The SMILES string of the molecule is CCC/C=C(\C=NC)C(N)=NOCC(O)CN1CCCCC1. The molecule has 0 aromatic heterocycles. The van der Waals surface area contributed by atoms with E-state index in [1.165, 1.54) is 19.3 Å². The number of likely N-dealkylation sites (tertiary alicyclic amines) is 1. The van der Waals surface area contributed by atoms with E-state index in [4.69, 9.17) is 10.6 Å². The number of amidine groups is 1. The third-order valence-electron chi connectivity index (χ3n) is 3.56. The van der Waals surface area contributed by atoms with Crippen molar-refractivity contribution in [2.24, 2.45) is 15.9 Å². The molecule has 22 heavy (non-hydrogen) atoms. The van der Waals surface area contributed by atoms with Crippen LogP contribution in [0.5, 0.6) is 0 Å². The maximum atomic E-state index is 9.98. The third kappa shape index (κ3) is 7.56. The van der Waals surface area contributed by atoms with Crippen molar-refractivity contribution in [2.45, 2.75) is 45.1 Å². The summed E-state index contributed by atoms with van der Waals surface area (Å²) in [5.41, 5.74) is 6.65. The smallest absolute Gasteiger partial charge is 0.171 e. The maximum Gasteiger partial charge on any atom is 0.171 e. The van der Waals surface area contributed by atoms with Gasteiger partial charge in [0.05, 0.1) is 0 Å². The molecule has 0 spiro atoms. The van der Waals surface area contributed by atoms with E-state index < -0.39 is 6.10 Å². The molecule has 3 N–H and O–H groups in total.